The van der Waals surface area contributed by atoms with Gasteiger partial charge in [0.1, 0.15) is 17.3 Å². The van der Waals surface area contributed by atoms with Gasteiger partial charge >= 0.3 is 0 Å². The quantitative estimate of drug-likeness (QED) is 0.817. The largest absolute Gasteiger partial charge is 0.329 e. The molecule has 1 aromatic heterocycles. The Hall–Kier alpha value is -2.15. The maximum absolute atomic E-state index is 13.0. The number of hydrogen-bond acceptors (Lipinski definition) is 4. The molecule has 1 heterocycles. The van der Waals surface area contributed by atoms with E-state index in [1.165, 1.54) is 10.9 Å². The number of Topliss-reactive ketones (excluding diaryl/α,β-unsaturated/α-hetero) is 1. The molecule has 0 bridgehead atoms. The monoisotopic (exact) mass is 266 g/mol. The first-order valence-corrected chi connectivity index (χ1v) is 5.67. The molecular formula is C12H12F2N4O. The van der Waals surface area contributed by atoms with Crippen molar-refractivity contribution < 1.29 is 13.6 Å². The summed E-state index contributed by atoms with van der Waals surface area (Å²) in [7, 11) is 0. The summed E-state index contributed by atoms with van der Waals surface area (Å²) in [6.45, 7) is 0.834. The van der Waals surface area contributed by atoms with Gasteiger partial charge in [0.25, 0.3) is 0 Å². The summed E-state index contributed by atoms with van der Waals surface area (Å²) in [6.07, 6.45) is 1.33. The minimum absolute atomic E-state index is 0.129. The molecule has 0 saturated heterocycles. The van der Waals surface area contributed by atoms with Crippen LogP contribution < -0.4 is 5.73 Å². The molecule has 0 aliphatic carbocycles. The number of benzene rings is 1. The Labute approximate surface area is 108 Å². The average Bonchev–Trinajstić information content (AvgIpc) is 2.76. The Kier molecular flexibility index (Phi) is 3.96. The molecule has 100 valence electrons. The highest BCUT2D eigenvalue weighted by molar-refractivity contribution is 5.95. The number of aromatic nitrogens is 3. The van der Waals surface area contributed by atoms with E-state index in [0.29, 0.717) is 13.1 Å². The van der Waals surface area contributed by atoms with Gasteiger partial charge in [-0.05, 0) is 17.7 Å². The SMILES string of the molecule is NCCn1cc(C(=O)Cc2cc(F)cc(F)c2)nn1. The predicted molar refractivity (Wildman–Crippen MR) is 63.5 cm³/mol. The highest BCUT2D eigenvalue weighted by atomic mass is 19.1. The van der Waals surface area contributed by atoms with Crippen molar-refractivity contribution in [1.29, 1.82) is 0 Å². The third-order valence-electron chi connectivity index (χ3n) is 2.47. The lowest BCUT2D eigenvalue weighted by Gasteiger charge is -1.99. The van der Waals surface area contributed by atoms with Gasteiger partial charge in [-0.2, -0.15) is 0 Å². The van der Waals surface area contributed by atoms with Crippen molar-refractivity contribution in [3.8, 4) is 0 Å². The molecule has 0 atom stereocenters. The molecule has 0 spiro atoms. The topological polar surface area (TPSA) is 73.8 Å². The normalized spacial score (nSPS) is 10.7. The van der Waals surface area contributed by atoms with Crippen molar-refractivity contribution in [2.75, 3.05) is 6.54 Å². The highest BCUT2D eigenvalue weighted by Crippen LogP contribution is 2.10. The molecule has 2 rings (SSSR count). The zero-order chi connectivity index (χ0) is 13.8. The highest BCUT2D eigenvalue weighted by Gasteiger charge is 2.12. The molecule has 19 heavy (non-hydrogen) atoms. The van der Waals surface area contributed by atoms with E-state index in [4.69, 9.17) is 5.73 Å². The third kappa shape index (κ3) is 3.41. The fourth-order valence-corrected chi connectivity index (χ4v) is 1.66. The van der Waals surface area contributed by atoms with Gasteiger partial charge in [0.15, 0.2) is 5.78 Å². The smallest absolute Gasteiger partial charge is 0.189 e. The Bertz CT molecular complexity index is 577. The fraction of sp³-hybridized carbons (Fsp3) is 0.250. The van der Waals surface area contributed by atoms with Crippen LogP contribution in [0.15, 0.2) is 24.4 Å². The second-order valence-corrected chi connectivity index (χ2v) is 4.03. The van der Waals surface area contributed by atoms with Crippen molar-refractivity contribution in [1.82, 2.24) is 15.0 Å². The molecule has 0 saturated carbocycles. The second-order valence-electron chi connectivity index (χ2n) is 4.03. The molecule has 0 aliphatic rings. The first-order chi connectivity index (χ1) is 9.08. The van der Waals surface area contributed by atoms with Crippen LogP contribution >= 0.6 is 0 Å². The summed E-state index contributed by atoms with van der Waals surface area (Å²) in [5.74, 6) is -1.78. The number of hydrogen-bond donors (Lipinski definition) is 1. The zero-order valence-electron chi connectivity index (χ0n) is 10.0. The van der Waals surface area contributed by atoms with E-state index < -0.39 is 11.6 Å². The molecule has 0 unspecified atom stereocenters. The third-order valence-corrected chi connectivity index (χ3v) is 2.47. The van der Waals surface area contributed by atoms with Crippen LogP contribution in [0.25, 0.3) is 0 Å². The minimum Gasteiger partial charge on any atom is -0.329 e. The summed E-state index contributed by atoms with van der Waals surface area (Å²) in [4.78, 5) is 11.9. The lowest BCUT2D eigenvalue weighted by molar-refractivity contribution is 0.0988. The van der Waals surface area contributed by atoms with E-state index in [1.807, 2.05) is 0 Å². The van der Waals surface area contributed by atoms with Crippen molar-refractivity contribution >= 4 is 5.78 Å². The summed E-state index contributed by atoms with van der Waals surface area (Å²) in [6, 6.07) is 2.99. The van der Waals surface area contributed by atoms with Gasteiger partial charge in [0, 0.05) is 19.0 Å². The van der Waals surface area contributed by atoms with Crippen molar-refractivity contribution in [3.05, 3.63) is 47.3 Å². The molecule has 5 nitrogen and oxygen atoms in total. The number of nitrogens with two attached hydrogens (primary N) is 1. The van der Waals surface area contributed by atoms with Gasteiger partial charge in [-0.15, -0.1) is 5.10 Å². The number of carbonyl (C=O) groups excluding carboxylic acids is 1. The zero-order valence-corrected chi connectivity index (χ0v) is 10.0. The van der Waals surface area contributed by atoms with Gasteiger partial charge in [-0.25, -0.2) is 8.78 Å². The van der Waals surface area contributed by atoms with Crippen molar-refractivity contribution in [2.24, 2.45) is 5.73 Å². The van der Waals surface area contributed by atoms with Crippen LogP contribution in [0.2, 0.25) is 0 Å². The number of rotatable bonds is 5. The molecule has 0 fully saturated rings. The molecule has 2 aromatic rings. The van der Waals surface area contributed by atoms with E-state index in [-0.39, 0.29) is 23.5 Å². The van der Waals surface area contributed by atoms with E-state index in [2.05, 4.69) is 10.3 Å². The van der Waals surface area contributed by atoms with Crippen LogP contribution in [0.5, 0.6) is 0 Å². The van der Waals surface area contributed by atoms with Crippen molar-refractivity contribution in [3.63, 3.8) is 0 Å². The van der Waals surface area contributed by atoms with Gasteiger partial charge < -0.3 is 5.73 Å². The molecule has 1 aromatic carbocycles. The predicted octanol–water partition coefficient (Wildman–Crippen LogP) is 0.940. The first kappa shape index (κ1) is 13.3. The lowest BCUT2D eigenvalue weighted by Crippen LogP contribution is -2.10. The summed E-state index contributed by atoms with van der Waals surface area (Å²) in [5, 5.41) is 7.42. The number of carbonyl (C=O) groups is 1. The molecule has 0 amide bonds. The Morgan fingerprint density at radius 3 is 2.58 bits per heavy atom. The van der Waals surface area contributed by atoms with E-state index in [1.54, 1.807) is 0 Å². The van der Waals surface area contributed by atoms with E-state index in [9.17, 15) is 13.6 Å². The van der Waals surface area contributed by atoms with Gasteiger partial charge in [-0.1, -0.05) is 5.21 Å². The van der Waals surface area contributed by atoms with Crippen LogP contribution in [-0.4, -0.2) is 27.3 Å². The molecule has 0 aliphatic heterocycles. The molecule has 7 heteroatoms. The Morgan fingerprint density at radius 1 is 1.26 bits per heavy atom. The van der Waals surface area contributed by atoms with Gasteiger partial charge in [0.05, 0.1) is 12.7 Å². The van der Waals surface area contributed by atoms with Crippen LogP contribution in [0, 0.1) is 11.6 Å². The lowest BCUT2D eigenvalue weighted by atomic mass is 10.1. The number of ketones is 1. The van der Waals surface area contributed by atoms with Gasteiger partial charge in [0.2, 0.25) is 0 Å². The van der Waals surface area contributed by atoms with Crippen LogP contribution in [0.3, 0.4) is 0 Å². The standard InChI is InChI=1S/C12H12F2N4O/c13-9-3-8(4-10(14)6-9)5-12(19)11-7-18(2-1-15)17-16-11/h3-4,6-7H,1-2,5,15H2. The summed E-state index contributed by atoms with van der Waals surface area (Å²) >= 11 is 0. The summed E-state index contributed by atoms with van der Waals surface area (Å²) in [5.41, 5.74) is 5.76. The maximum atomic E-state index is 13.0. The minimum atomic E-state index is -0.713. The van der Waals surface area contributed by atoms with Gasteiger partial charge in [-0.3, -0.25) is 9.48 Å². The van der Waals surface area contributed by atoms with Crippen LogP contribution in [0.1, 0.15) is 16.1 Å². The fourth-order valence-electron chi connectivity index (χ4n) is 1.66. The molecule has 0 radical (unpaired) electrons. The number of nitrogens with zero attached hydrogens (tertiary/aromatic N) is 3. The Balaban J connectivity index is 2.11. The summed E-state index contributed by atoms with van der Waals surface area (Å²) < 4.78 is 27.4. The van der Waals surface area contributed by atoms with E-state index in [0.717, 1.165) is 18.2 Å². The second kappa shape index (κ2) is 5.66. The van der Waals surface area contributed by atoms with Crippen LogP contribution in [-0.2, 0) is 13.0 Å². The first-order valence-electron chi connectivity index (χ1n) is 5.67. The maximum Gasteiger partial charge on any atom is 0.189 e. The molecular weight excluding hydrogens is 254 g/mol. The number of halogens is 2. The van der Waals surface area contributed by atoms with Crippen molar-refractivity contribution in [2.45, 2.75) is 13.0 Å². The molecule has 2 N–H and O–H groups in total. The van der Waals surface area contributed by atoms with Crippen LogP contribution in [0.4, 0.5) is 8.78 Å². The Morgan fingerprint density at radius 2 is 1.95 bits per heavy atom. The average molecular weight is 266 g/mol. The van der Waals surface area contributed by atoms with E-state index >= 15 is 0 Å².